The number of H-pyrrole nitrogens is 2. The maximum atomic E-state index is 4.66. The van der Waals surface area contributed by atoms with Crippen LogP contribution in [-0.4, -0.2) is 44.8 Å². The molecule has 0 aliphatic carbocycles. The van der Waals surface area contributed by atoms with Crippen LogP contribution in [0.25, 0.3) is 44.5 Å². The molecule has 0 amide bonds. The van der Waals surface area contributed by atoms with Gasteiger partial charge in [0.25, 0.3) is 0 Å². The molecule has 5 aromatic rings. The van der Waals surface area contributed by atoms with Crippen LogP contribution in [0.5, 0.6) is 0 Å². The fourth-order valence-electron chi connectivity index (χ4n) is 4.96. The van der Waals surface area contributed by atoms with Gasteiger partial charge in [0.15, 0.2) is 5.65 Å². The Hall–Kier alpha value is -3.71. The van der Waals surface area contributed by atoms with Gasteiger partial charge < -0.3 is 15.2 Å². The van der Waals surface area contributed by atoms with Crippen molar-refractivity contribution in [2.24, 2.45) is 0 Å². The summed E-state index contributed by atoms with van der Waals surface area (Å²) in [6, 6.07) is 13.1. The van der Waals surface area contributed by atoms with E-state index in [-0.39, 0.29) is 0 Å². The van der Waals surface area contributed by atoms with Gasteiger partial charge in [-0.25, -0.2) is 4.98 Å². The van der Waals surface area contributed by atoms with Gasteiger partial charge in [0.1, 0.15) is 5.69 Å². The zero-order valence-electron chi connectivity index (χ0n) is 19.4. The van der Waals surface area contributed by atoms with Crippen molar-refractivity contribution in [3.05, 3.63) is 60.6 Å². The Bertz CT molecular complexity index is 1440. The van der Waals surface area contributed by atoms with E-state index in [1.807, 2.05) is 18.6 Å². The first-order valence-corrected chi connectivity index (χ1v) is 12.2. The van der Waals surface area contributed by atoms with Crippen LogP contribution in [0.1, 0.15) is 31.7 Å². The van der Waals surface area contributed by atoms with E-state index < -0.39 is 0 Å². The first kappa shape index (κ1) is 20.9. The minimum Gasteiger partial charge on any atom is -0.371 e. The lowest BCUT2D eigenvalue weighted by Gasteiger charge is -2.29. The van der Waals surface area contributed by atoms with E-state index in [0.29, 0.717) is 0 Å². The number of piperidine rings is 1. The summed E-state index contributed by atoms with van der Waals surface area (Å²) in [5, 5.41) is 13.4. The van der Waals surface area contributed by atoms with E-state index >= 15 is 0 Å². The summed E-state index contributed by atoms with van der Waals surface area (Å²) in [4.78, 5) is 15.2. The Morgan fingerprint density at radius 1 is 0.971 bits per heavy atom. The third-order valence-corrected chi connectivity index (χ3v) is 6.72. The molecule has 0 saturated carbocycles. The van der Waals surface area contributed by atoms with Crippen molar-refractivity contribution in [1.82, 2.24) is 30.5 Å². The summed E-state index contributed by atoms with van der Waals surface area (Å²) in [7, 11) is 0. The summed E-state index contributed by atoms with van der Waals surface area (Å²) in [6.45, 7) is 6.09. The molecule has 0 spiro atoms. The van der Waals surface area contributed by atoms with E-state index in [1.165, 1.54) is 30.3 Å². The zero-order valence-corrected chi connectivity index (χ0v) is 19.4. The average Bonchev–Trinajstić information content (AvgIpc) is 3.51. The highest BCUT2D eigenvalue weighted by atomic mass is 15.2. The third-order valence-electron chi connectivity index (χ3n) is 6.72. The minimum atomic E-state index is 0.783. The van der Waals surface area contributed by atoms with E-state index in [4.69, 9.17) is 0 Å². The van der Waals surface area contributed by atoms with Gasteiger partial charge >= 0.3 is 0 Å². The molecule has 5 heterocycles. The molecule has 0 radical (unpaired) electrons. The molecule has 1 aliphatic heterocycles. The highest BCUT2D eigenvalue weighted by Gasteiger charge is 2.18. The second-order valence-corrected chi connectivity index (χ2v) is 9.02. The van der Waals surface area contributed by atoms with Crippen molar-refractivity contribution in [2.45, 2.75) is 32.7 Å². The third kappa shape index (κ3) is 3.82. The van der Waals surface area contributed by atoms with Crippen LogP contribution in [0, 0.1) is 0 Å². The molecule has 7 heteroatoms. The summed E-state index contributed by atoms with van der Waals surface area (Å²) >= 11 is 0. The lowest BCUT2D eigenvalue weighted by atomic mass is 10.1. The maximum absolute atomic E-state index is 4.66. The number of nitrogens with zero attached hydrogens (tertiary/aromatic N) is 4. The highest BCUT2D eigenvalue weighted by molar-refractivity contribution is 6.00. The topological polar surface area (TPSA) is 85.5 Å². The molecule has 0 unspecified atom stereocenters. The van der Waals surface area contributed by atoms with Crippen LogP contribution < -0.4 is 10.2 Å². The molecule has 1 aromatic carbocycles. The van der Waals surface area contributed by atoms with Crippen molar-refractivity contribution < 1.29 is 0 Å². The molecule has 0 atom stereocenters. The molecule has 34 heavy (non-hydrogen) atoms. The molecule has 7 nitrogen and oxygen atoms in total. The van der Waals surface area contributed by atoms with Crippen molar-refractivity contribution in [3.63, 3.8) is 0 Å². The quantitative estimate of drug-likeness (QED) is 0.328. The van der Waals surface area contributed by atoms with E-state index in [0.717, 1.165) is 70.8 Å². The van der Waals surface area contributed by atoms with Crippen molar-refractivity contribution in [1.29, 1.82) is 0 Å². The Morgan fingerprint density at radius 2 is 1.85 bits per heavy atom. The Kier molecular flexibility index (Phi) is 5.47. The van der Waals surface area contributed by atoms with Crippen molar-refractivity contribution in [2.75, 3.05) is 24.5 Å². The van der Waals surface area contributed by atoms with Gasteiger partial charge in [0.2, 0.25) is 0 Å². The van der Waals surface area contributed by atoms with E-state index in [9.17, 15) is 0 Å². The van der Waals surface area contributed by atoms with Crippen LogP contribution in [0.2, 0.25) is 0 Å². The van der Waals surface area contributed by atoms with Gasteiger partial charge in [-0.3, -0.25) is 10.1 Å². The smallest absolute Gasteiger partial charge is 0.155 e. The maximum Gasteiger partial charge on any atom is 0.155 e. The monoisotopic (exact) mass is 451 g/mol. The number of aromatic nitrogens is 5. The molecule has 1 saturated heterocycles. The molecule has 4 aromatic heterocycles. The van der Waals surface area contributed by atoms with Crippen LogP contribution in [0.15, 0.2) is 55.0 Å². The number of rotatable bonds is 6. The predicted octanol–water partition coefficient (Wildman–Crippen LogP) is 5.27. The van der Waals surface area contributed by atoms with Crippen molar-refractivity contribution >= 4 is 27.6 Å². The van der Waals surface area contributed by atoms with Crippen LogP contribution in [-0.2, 0) is 6.54 Å². The molecule has 0 bridgehead atoms. The zero-order chi connectivity index (χ0) is 22.9. The van der Waals surface area contributed by atoms with Gasteiger partial charge in [-0.15, -0.1) is 0 Å². The second kappa shape index (κ2) is 8.91. The van der Waals surface area contributed by atoms with Gasteiger partial charge in [-0.1, -0.05) is 13.0 Å². The number of nitrogens with one attached hydrogen (secondary N) is 3. The second-order valence-electron chi connectivity index (χ2n) is 9.02. The molecule has 1 aliphatic rings. The molecule has 172 valence electrons. The van der Waals surface area contributed by atoms with E-state index in [2.05, 4.69) is 78.7 Å². The van der Waals surface area contributed by atoms with Gasteiger partial charge in [-0.2, -0.15) is 5.10 Å². The molecule has 6 rings (SSSR count). The number of aromatic amines is 2. The molecular formula is C27H29N7. The molecule has 1 fully saturated rings. The number of hydrogen-bond donors (Lipinski definition) is 3. The predicted molar refractivity (Wildman–Crippen MR) is 138 cm³/mol. The number of benzene rings is 1. The summed E-state index contributed by atoms with van der Waals surface area (Å²) < 4.78 is 0. The summed E-state index contributed by atoms with van der Waals surface area (Å²) in [5.74, 6) is 0. The van der Waals surface area contributed by atoms with Crippen molar-refractivity contribution in [3.8, 4) is 22.5 Å². The number of pyridine rings is 2. The molecule has 3 N–H and O–H groups in total. The first-order valence-electron chi connectivity index (χ1n) is 12.2. The lowest BCUT2D eigenvalue weighted by molar-refractivity contribution is 0.579. The molecular weight excluding hydrogens is 422 g/mol. The Labute approximate surface area is 198 Å². The van der Waals surface area contributed by atoms with E-state index in [1.54, 1.807) is 0 Å². The van der Waals surface area contributed by atoms with Gasteiger partial charge in [0, 0.05) is 71.3 Å². The minimum absolute atomic E-state index is 0.783. The van der Waals surface area contributed by atoms with Gasteiger partial charge in [0.05, 0.1) is 5.69 Å². The average molecular weight is 452 g/mol. The highest BCUT2D eigenvalue weighted by Crippen LogP contribution is 2.35. The van der Waals surface area contributed by atoms with Crippen LogP contribution >= 0.6 is 0 Å². The lowest BCUT2D eigenvalue weighted by Crippen LogP contribution is -2.29. The number of fused-ring (bicyclic) bond motifs is 2. The SMILES string of the molecule is CCNCc1cncc(-c2cnc3[nH]nc(-c4cc5c(N6CCCCC6)cccc5[nH]4)c3c2)c1. The van der Waals surface area contributed by atoms with Crippen LogP contribution in [0.4, 0.5) is 5.69 Å². The number of hydrogen-bond acceptors (Lipinski definition) is 5. The normalized spacial score (nSPS) is 14.3. The Morgan fingerprint density at radius 3 is 2.74 bits per heavy atom. The fraction of sp³-hybridized carbons (Fsp3) is 0.296. The first-order chi connectivity index (χ1) is 16.8. The summed E-state index contributed by atoms with van der Waals surface area (Å²) in [5.41, 5.74) is 8.37. The standard InChI is InChI=1S/C27H29N7/c1-2-28-14-18-11-19(16-29-15-18)20-12-22-26(32-33-27(22)30-17-20)24-13-21-23(31-24)7-6-8-25(21)34-9-4-3-5-10-34/h6-8,11-13,15-17,28,31H,2-5,9-10,14H2,1H3,(H,30,32,33). The fourth-order valence-corrected chi connectivity index (χ4v) is 4.96. The Balaban J connectivity index is 1.40. The largest absolute Gasteiger partial charge is 0.371 e. The van der Waals surface area contributed by atoms with Gasteiger partial charge in [-0.05, 0) is 61.7 Å². The summed E-state index contributed by atoms with van der Waals surface area (Å²) in [6.07, 6.45) is 9.54. The van der Waals surface area contributed by atoms with Crippen LogP contribution in [0.3, 0.4) is 0 Å². The number of anilines is 1.